The SMILES string of the molecule is CCCCOc1cccc(C(=O)Oc2ccc3c(c2)OC(N)=C(C#N)C3c2cccc(OCCCC)c2)c1. The largest absolute Gasteiger partial charge is 0.494 e. The fourth-order valence-corrected chi connectivity index (χ4v) is 4.17. The molecule has 1 aliphatic rings. The molecule has 0 fully saturated rings. The van der Waals surface area contributed by atoms with E-state index in [1.807, 2.05) is 30.3 Å². The van der Waals surface area contributed by atoms with Gasteiger partial charge in [-0.15, -0.1) is 0 Å². The van der Waals surface area contributed by atoms with Gasteiger partial charge in [0, 0.05) is 11.6 Å². The highest BCUT2D eigenvalue weighted by Crippen LogP contribution is 2.44. The molecule has 1 heterocycles. The maximum atomic E-state index is 12.8. The molecule has 0 bridgehead atoms. The van der Waals surface area contributed by atoms with Gasteiger partial charge in [0.25, 0.3) is 0 Å². The van der Waals surface area contributed by atoms with Crippen LogP contribution in [0, 0.1) is 11.3 Å². The molecule has 38 heavy (non-hydrogen) atoms. The van der Waals surface area contributed by atoms with Gasteiger partial charge in [0.2, 0.25) is 5.88 Å². The van der Waals surface area contributed by atoms with Crippen molar-refractivity contribution in [3.05, 3.63) is 94.9 Å². The highest BCUT2D eigenvalue weighted by Gasteiger charge is 2.31. The minimum absolute atomic E-state index is 0.0164. The van der Waals surface area contributed by atoms with Crippen LogP contribution in [0.5, 0.6) is 23.0 Å². The molecule has 7 nitrogen and oxygen atoms in total. The summed E-state index contributed by atoms with van der Waals surface area (Å²) in [5.74, 6) is 1.12. The smallest absolute Gasteiger partial charge is 0.343 e. The predicted octanol–water partition coefficient (Wildman–Crippen LogP) is 6.48. The van der Waals surface area contributed by atoms with Gasteiger partial charge in [-0.3, -0.25) is 0 Å². The standard InChI is InChI=1S/C31H32N2O5/c1-3-5-15-35-23-11-7-9-21(17-23)29-26-14-13-25(19-28(26)38-30(33)27(29)20-32)37-31(34)22-10-8-12-24(18-22)36-16-6-4-2/h7-14,17-19,29H,3-6,15-16,33H2,1-2H3. The number of hydrogen-bond acceptors (Lipinski definition) is 7. The summed E-state index contributed by atoms with van der Waals surface area (Å²) >= 11 is 0. The second kappa shape index (κ2) is 12.7. The highest BCUT2D eigenvalue weighted by atomic mass is 16.5. The zero-order valence-corrected chi connectivity index (χ0v) is 21.7. The van der Waals surface area contributed by atoms with Crippen molar-refractivity contribution in [3.63, 3.8) is 0 Å². The Labute approximate surface area is 223 Å². The van der Waals surface area contributed by atoms with Gasteiger partial charge in [-0.2, -0.15) is 5.26 Å². The fraction of sp³-hybridized carbons (Fsp3) is 0.290. The molecule has 0 saturated heterocycles. The monoisotopic (exact) mass is 512 g/mol. The number of unbranched alkanes of at least 4 members (excludes halogenated alkanes) is 2. The lowest BCUT2D eigenvalue weighted by Gasteiger charge is -2.27. The second-order valence-corrected chi connectivity index (χ2v) is 9.02. The Morgan fingerprint density at radius 2 is 1.61 bits per heavy atom. The number of nitrogens with two attached hydrogens (primary N) is 1. The van der Waals surface area contributed by atoms with Crippen LogP contribution in [0.4, 0.5) is 0 Å². The Hall–Kier alpha value is -4.44. The Balaban J connectivity index is 1.57. The van der Waals surface area contributed by atoms with Gasteiger partial charge in [-0.05, 0) is 54.8 Å². The summed E-state index contributed by atoms with van der Waals surface area (Å²) in [4.78, 5) is 12.8. The highest BCUT2D eigenvalue weighted by molar-refractivity contribution is 5.91. The van der Waals surface area contributed by atoms with Gasteiger partial charge < -0.3 is 24.7 Å². The first kappa shape index (κ1) is 26.6. The van der Waals surface area contributed by atoms with Crippen molar-refractivity contribution in [2.24, 2.45) is 5.73 Å². The lowest BCUT2D eigenvalue weighted by atomic mass is 9.83. The third-order valence-corrected chi connectivity index (χ3v) is 6.20. The average molecular weight is 513 g/mol. The summed E-state index contributed by atoms with van der Waals surface area (Å²) in [6, 6.07) is 21.8. The molecule has 2 N–H and O–H groups in total. The second-order valence-electron chi connectivity index (χ2n) is 9.02. The maximum absolute atomic E-state index is 12.8. The summed E-state index contributed by atoms with van der Waals surface area (Å²) in [6.07, 6.45) is 3.96. The first-order valence-corrected chi connectivity index (χ1v) is 12.9. The molecule has 7 heteroatoms. The number of carbonyl (C=O) groups is 1. The molecular weight excluding hydrogens is 480 g/mol. The van der Waals surface area contributed by atoms with Crippen molar-refractivity contribution in [1.29, 1.82) is 5.26 Å². The van der Waals surface area contributed by atoms with Crippen LogP contribution in [0.25, 0.3) is 0 Å². The number of rotatable bonds is 11. The summed E-state index contributed by atoms with van der Waals surface area (Å²) in [7, 11) is 0. The van der Waals surface area contributed by atoms with E-state index < -0.39 is 11.9 Å². The summed E-state index contributed by atoms with van der Waals surface area (Å²) in [5.41, 5.74) is 8.45. The first-order chi connectivity index (χ1) is 18.5. The molecule has 4 rings (SSSR count). The van der Waals surface area contributed by atoms with Gasteiger partial charge in [0.05, 0.1) is 24.7 Å². The van der Waals surface area contributed by atoms with Crippen LogP contribution in [0.15, 0.2) is 78.2 Å². The Kier molecular flexibility index (Phi) is 8.89. The van der Waals surface area contributed by atoms with Crippen molar-refractivity contribution in [2.45, 2.75) is 45.4 Å². The molecule has 3 aromatic carbocycles. The van der Waals surface area contributed by atoms with Crippen LogP contribution in [-0.4, -0.2) is 19.2 Å². The summed E-state index contributed by atoms with van der Waals surface area (Å²) in [5, 5.41) is 9.87. The van der Waals surface area contributed by atoms with Crippen molar-refractivity contribution >= 4 is 5.97 Å². The number of hydrogen-bond donors (Lipinski definition) is 1. The lowest BCUT2D eigenvalue weighted by molar-refractivity contribution is 0.0734. The Bertz CT molecular complexity index is 1360. The average Bonchev–Trinajstić information content (AvgIpc) is 2.93. The van der Waals surface area contributed by atoms with Crippen LogP contribution in [0.2, 0.25) is 0 Å². The summed E-state index contributed by atoms with van der Waals surface area (Å²) < 4.78 is 23.0. The number of carbonyl (C=O) groups excluding carboxylic acids is 1. The number of ether oxygens (including phenoxy) is 4. The third-order valence-electron chi connectivity index (χ3n) is 6.20. The van der Waals surface area contributed by atoms with Crippen LogP contribution in [0.3, 0.4) is 0 Å². The number of fused-ring (bicyclic) bond motifs is 1. The van der Waals surface area contributed by atoms with E-state index in [1.54, 1.807) is 36.4 Å². The van der Waals surface area contributed by atoms with E-state index in [1.165, 1.54) is 0 Å². The molecule has 0 spiro atoms. The van der Waals surface area contributed by atoms with Gasteiger partial charge in [-0.1, -0.05) is 51.0 Å². The molecular formula is C31H32N2O5. The molecule has 3 aromatic rings. The van der Waals surface area contributed by atoms with Gasteiger partial charge in [0.1, 0.15) is 34.6 Å². The lowest BCUT2D eigenvalue weighted by Crippen LogP contribution is -2.21. The van der Waals surface area contributed by atoms with Gasteiger partial charge >= 0.3 is 5.97 Å². The Morgan fingerprint density at radius 1 is 0.921 bits per heavy atom. The van der Waals surface area contributed by atoms with Gasteiger partial charge in [-0.25, -0.2) is 4.79 Å². The number of allylic oxidation sites excluding steroid dienone is 1. The topological polar surface area (TPSA) is 104 Å². The van der Waals surface area contributed by atoms with Crippen LogP contribution < -0.4 is 24.7 Å². The van der Waals surface area contributed by atoms with Crippen molar-refractivity contribution in [3.8, 4) is 29.1 Å². The normalized spacial score (nSPS) is 14.2. The van der Waals surface area contributed by atoms with E-state index >= 15 is 0 Å². The van der Waals surface area contributed by atoms with E-state index in [-0.39, 0.29) is 5.88 Å². The molecule has 0 aromatic heterocycles. The van der Waals surface area contributed by atoms with E-state index in [2.05, 4.69) is 19.9 Å². The molecule has 0 amide bonds. The molecule has 0 saturated carbocycles. The summed E-state index contributed by atoms with van der Waals surface area (Å²) in [6.45, 7) is 5.41. The molecule has 1 unspecified atom stereocenters. The van der Waals surface area contributed by atoms with Crippen molar-refractivity contribution in [1.82, 2.24) is 0 Å². The van der Waals surface area contributed by atoms with E-state index in [0.29, 0.717) is 41.6 Å². The molecule has 1 aliphatic heterocycles. The molecule has 1 atom stereocenters. The minimum Gasteiger partial charge on any atom is -0.494 e. The Morgan fingerprint density at radius 3 is 2.29 bits per heavy atom. The van der Waals surface area contributed by atoms with Crippen molar-refractivity contribution in [2.75, 3.05) is 13.2 Å². The number of nitriles is 1. The molecule has 0 aliphatic carbocycles. The van der Waals surface area contributed by atoms with Gasteiger partial charge in [0.15, 0.2) is 0 Å². The fourth-order valence-electron chi connectivity index (χ4n) is 4.17. The number of nitrogens with zero attached hydrogens (tertiary/aromatic N) is 1. The third kappa shape index (κ3) is 6.27. The quantitative estimate of drug-likeness (QED) is 0.178. The zero-order chi connectivity index (χ0) is 26.9. The molecule has 196 valence electrons. The van der Waals surface area contributed by atoms with Crippen LogP contribution in [-0.2, 0) is 0 Å². The predicted molar refractivity (Wildman–Crippen MR) is 144 cm³/mol. The molecule has 0 radical (unpaired) electrons. The van der Waals surface area contributed by atoms with E-state index in [9.17, 15) is 10.1 Å². The zero-order valence-electron chi connectivity index (χ0n) is 21.7. The van der Waals surface area contributed by atoms with Crippen LogP contribution >= 0.6 is 0 Å². The van der Waals surface area contributed by atoms with Crippen molar-refractivity contribution < 1.29 is 23.7 Å². The maximum Gasteiger partial charge on any atom is 0.343 e. The van der Waals surface area contributed by atoms with E-state index in [0.717, 1.165) is 42.6 Å². The number of benzene rings is 3. The van der Waals surface area contributed by atoms with E-state index in [4.69, 9.17) is 24.7 Å². The first-order valence-electron chi connectivity index (χ1n) is 12.9. The van der Waals surface area contributed by atoms with Crippen LogP contribution in [0.1, 0.15) is 66.9 Å². The number of esters is 1. The minimum atomic E-state index is -0.517.